The second-order valence-electron chi connectivity index (χ2n) is 5.76. The molecular formula is C15H21F2N. The zero-order valence-corrected chi connectivity index (χ0v) is 11.3. The Bertz CT molecular complexity index is 456. The Balaban J connectivity index is 2.34. The Morgan fingerprint density at radius 2 is 1.39 bits per heavy atom. The summed E-state index contributed by atoms with van der Waals surface area (Å²) >= 11 is 0. The molecule has 1 aliphatic rings. The van der Waals surface area contributed by atoms with E-state index in [1.165, 1.54) is 11.1 Å². The van der Waals surface area contributed by atoms with Crippen molar-refractivity contribution in [1.82, 2.24) is 0 Å². The highest BCUT2D eigenvalue weighted by atomic mass is 19.3. The normalized spacial score (nSPS) is 21.9. The Hall–Kier alpha value is -0.960. The molecule has 1 aliphatic carbocycles. The van der Waals surface area contributed by atoms with E-state index in [4.69, 9.17) is 5.73 Å². The summed E-state index contributed by atoms with van der Waals surface area (Å²) in [6.07, 6.45) is 0.526. The molecule has 0 bridgehead atoms. The van der Waals surface area contributed by atoms with Gasteiger partial charge in [0.2, 0.25) is 5.92 Å². The van der Waals surface area contributed by atoms with E-state index in [0.29, 0.717) is 12.8 Å². The minimum absolute atomic E-state index is 0.101. The van der Waals surface area contributed by atoms with Crippen molar-refractivity contribution in [1.29, 1.82) is 0 Å². The highest BCUT2D eigenvalue weighted by Crippen LogP contribution is 2.43. The van der Waals surface area contributed by atoms with Crippen LogP contribution in [0.15, 0.2) is 12.1 Å². The second kappa shape index (κ2) is 4.30. The van der Waals surface area contributed by atoms with Crippen molar-refractivity contribution in [2.75, 3.05) is 0 Å². The van der Waals surface area contributed by atoms with Gasteiger partial charge in [-0.3, -0.25) is 0 Å². The van der Waals surface area contributed by atoms with E-state index in [9.17, 15) is 8.78 Å². The summed E-state index contributed by atoms with van der Waals surface area (Å²) in [7, 11) is 0. The van der Waals surface area contributed by atoms with E-state index >= 15 is 0 Å². The van der Waals surface area contributed by atoms with Crippen LogP contribution in [0.1, 0.15) is 47.9 Å². The fourth-order valence-electron chi connectivity index (χ4n) is 2.83. The summed E-state index contributed by atoms with van der Waals surface area (Å²) in [5.74, 6) is -2.53. The van der Waals surface area contributed by atoms with Crippen LogP contribution in [-0.4, -0.2) is 5.92 Å². The molecule has 1 aromatic carbocycles. The van der Waals surface area contributed by atoms with Crippen LogP contribution in [0.4, 0.5) is 8.78 Å². The van der Waals surface area contributed by atoms with Gasteiger partial charge in [0.05, 0.1) is 0 Å². The molecule has 0 aromatic heterocycles. The molecule has 18 heavy (non-hydrogen) atoms. The number of hydrogen-bond acceptors (Lipinski definition) is 1. The Morgan fingerprint density at radius 1 is 0.889 bits per heavy atom. The summed E-state index contributed by atoms with van der Waals surface area (Å²) in [6.45, 7) is 6.12. The van der Waals surface area contributed by atoms with Crippen LogP contribution < -0.4 is 5.73 Å². The van der Waals surface area contributed by atoms with E-state index in [1.807, 2.05) is 13.8 Å². The Kier molecular flexibility index (Phi) is 3.22. The third kappa shape index (κ3) is 2.41. The maximum Gasteiger partial charge on any atom is 0.248 e. The number of halogens is 2. The van der Waals surface area contributed by atoms with Crippen molar-refractivity contribution in [2.45, 2.75) is 57.9 Å². The SMILES string of the molecule is Cc1cc(C)c(C2(N)CCC(F)(F)CC2)cc1C. The second-order valence-corrected chi connectivity index (χ2v) is 5.76. The molecule has 0 heterocycles. The smallest absolute Gasteiger partial charge is 0.248 e. The minimum atomic E-state index is -2.53. The zero-order chi connectivity index (χ0) is 13.6. The molecule has 1 nitrogen and oxygen atoms in total. The minimum Gasteiger partial charge on any atom is -0.321 e. The lowest BCUT2D eigenvalue weighted by atomic mass is 9.74. The molecule has 1 aromatic rings. The average Bonchev–Trinajstić information content (AvgIpc) is 2.28. The first-order valence-corrected chi connectivity index (χ1v) is 6.49. The lowest BCUT2D eigenvalue weighted by molar-refractivity contribution is -0.0514. The Labute approximate surface area is 107 Å². The molecule has 0 aliphatic heterocycles. The van der Waals surface area contributed by atoms with Gasteiger partial charge in [0.15, 0.2) is 0 Å². The maximum absolute atomic E-state index is 13.3. The van der Waals surface area contributed by atoms with Crippen LogP contribution in [0.2, 0.25) is 0 Å². The first kappa shape index (κ1) is 13.5. The summed E-state index contributed by atoms with van der Waals surface area (Å²) in [5, 5.41) is 0. The van der Waals surface area contributed by atoms with Gasteiger partial charge in [0.1, 0.15) is 0 Å². The molecule has 3 heteroatoms. The van der Waals surface area contributed by atoms with E-state index in [1.54, 1.807) is 0 Å². The lowest BCUT2D eigenvalue weighted by Gasteiger charge is -2.38. The average molecular weight is 253 g/mol. The number of nitrogens with two attached hydrogens (primary N) is 1. The topological polar surface area (TPSA) is 26.0 Å². The molecule has 0 radical (unpaired) electrons. The van der Waals surface area contributed by atoms with Gasteiger partial charge >= 0.3 is 0 Å². The lowest BCUT2D eigenvalue weighted by Crippen LogP contribution is -2.44. The molecule has 0 atom stereocenters. The number of rotatable bonds is 1. The molecule has 2 rings (SSSR count). The molecule has 100 valence electrons. The van der Waals surface area contributed by atoms with E-state index < -0.39 is 11.5 Å². The van der Waals surface area contributed by atoms with Gasteiger partial charge in [-0.05, 0) is 55.9 Å². The molecular weight excluding hydrogens is 232 g/mol. The number of benzene rings is 1. The van der Waals surface area contributed by atoms with Crippen molar-refractivity contribution in [3.63, 3.8) is 0 Å². The van der Waals surface area contributed by atoms with Gasteiger partial charge in [0, 0.05) is 18.4 Å². The van der Waals surface area contributed by atoms with Crippen LogP contribution in [0.5, 0.6) is 0 Å². The van der Waals surface area contributed by atoms with Gasteiger partial charge in [-0.1, -0.05) is 12.1 Å². The summed E-state index contributed by atoms with van der Waals surface area (Å²) in [4.78, 5) is 0. The standard InChI is InChI=1S/C15H21F2N/c1-10-8-12(3)13(9-11(10)2)14(18)4-6-15(16,17)7-5-14/h8-9H,4-7,18H2,1-3H3. The zero-order valence-electron chi connectivity index (χ0n) is 11.3. The third-order valence-corrected chi connectivity index (χ3v) is 4.25. The number of alkyl halides is 2. The summed E-state index contributed by atoms with van der Waals surface area (Å²) in [5.41, 5.74) is 10.4. The van der Waals surface area contributed by atoms with Crippen LogP contribution in [0.3, 0.4) is 0 Å². The van der Waals surface area contributed by atoms with Crippen molar-refractivity contribution in [3.05, 3.63) is 34.4 Å². The molecule has 0 unspecified atom stereocenters. The Morgan fingerprint density at radius 3 is 1.94 bits per heavy atom. The van der Waals surface area contributed by atoms with Crippen molar-refractivity contribution >= 4 is 0 Å². The maximum atomic E-state index is 13.3. The van der Waals surface area contributed by atoms with Crippen LogP contribution >= 0.6 is 0 Å². The predicted molar refractivity (Wildman–Crippen MR) is 69.9 cm³/mol. The highest BCUT2D eigenvalue weighted by molar-refractivity contribution is 5.40. The van der Waals surface area contributed by atoms with Crippen molar-refractivity contribution < 1.29 is 8.78 Å². The first-order chi connectivity index (χ1) is 8.23. The van der Waals surface area contributed by atoms with Gasteiger partial charge in [0.25, 0.3) is 0 Å². The van der Waals surface area contributed by atoms with Crippen molar-refractivity contribution in [3.8, 4) is 0 Å². The van der Waals surface area contributed by atoms with E-state index in [2.05, 4.69) is 19.1 Å². The predicted octanol–water partition coefficient (Wildman–Crippen LogP) is 3.98. The van der Waals surface area contributed by atoms with E-state index in [0.717, 1.165) is 11.1 Å². The number of aryl methyl sites for hydroxylation is 3. The van der Waals surface area contributed by atoms with Crippen LogP contribution in [0, 0.1) is 20.8 Å². The van der Waals surface area contributed by atoms with Gasteiger partial charge in [-0.15, -0.1) is 0 Å². The quantitative estimate of drug-likeness (QED) is 0.805. The summed E-state index contributed by atoms with van der Waals surface area (Å²) in [6, 6.07) is 4.18. The molecule has 1 fully saturated rings. The first-order valence-electron chi connectivity index (χ1n) is 6.49. The summed E-state index contributed by atoms with van der Waals surface area (Å²) < 4.78 is 26.5. The largest absolute Gasteiger partial charge is 0.321 e. The van der Waals surface area contributed by atoms with Gasteiger partial charge in [-0.2, -0.15) is 0 Å². The molecule has 0 amide bonds. The molecule has 0 spiro atoms. The molecule has 1 saturated carbocycles. The number of hydrogen-bond donors (Lipinski definition) is 1. The van der Waals surface area contributed by atoms with E-state index in [-0.39, 0.29) is 12.8 Å². The van der Waals surface area contributed by atoms with Crippen LogP contribution in [-0.2, 0) is 5.54 Å². The third-order valence-electron chi connectivity index (χ3n) is 4.25. The van der Waals surface area contributed by atoms with Gasteiger partial charge < -0.3 is 5.73 Å². The highest BCUT2D eigenvalue weighted by Gasteiger charge is 2.42. The van der Waals surface area contributed by atoms with Crippen LogP contribution in [0.25, 0.3) is 0 Å². The monoisotopic (exact) mass is 253 g/mol. The molecule has 0 saturated heterocycles. The van der Waals surface area contributed by atoms with Gasteiger partial charge in [-0.25, -0.2) is 8.78 Å². The van der Waals surface area contributed by atoms with Crippen molar-refractivity contribution in [2.24, 2.45) is 5.73 Å². The molecule has 2 N–H and O–H groups in total. The fraction of sp³-hybridized carbons (Fsp3) is 0.600. The fourth-order valence-corrected chi connectivity index (χ4v) is 2.83.